The first kappa shape index (κ1) is 73.6. The molecule has 2 aromatic heterocycles. The monoisotopic (exact) mass is 1220 g/mol. The maximum Gasteiger partial charge on any atom is 0.410 e. The van der Waals surface area contributed by atoms with E-state index in [2.05, 4.69) is 98.4 Å². The molecule has 86 heavy (non-hydrogen) atoms. The number of carbonyl (C=O) groups is 4. The van der Waals surface area contributed by atoms with Crippen LogP contribution in [0.1, 0.15) is 166 Å². The lowest BCUT2D eigenvalue weighted by Gasteiger charge is -2.42. The van der Waals surface area contributed by atoms with E-state index in [1.54, 1.807) is 53.5 Å². The second kappa shape index (κ2) is 32.4. The van der Waals surface area contributed by atoms with Crippen LogP contribution in [0.3, 0.4) is 0 Å². The van der Waals surface area contributed by atoms with E-state index in [0.29, 0.717) is 57.7 Å². The summed E-state index contributed by atoms with van der Waals surface area (Å²) in [5, 5.41) is 17.1. The number of benzene rings is 4. The molecule has 3 amide bonds. The van der Waals surface area contributed by atoms with Crippen molar-refractivity contribution >= 4 is 73.6 Å². The molecule has 6 aromatic rings. The average Bonchev–Trinajstić information content (AvgIpc) is 2.10. The minimum Gasteiger partial charge on any atom is -0.481 e. The van der Waals surface area contributed by atoms with E-state index in [9.17, 15) is 24.3 Å². The molecular formula is C69H104N6O9Si2. The normalized spacial score (nSPS) is 12.7. The van der Waals surface area contributed by atoms with Crippen LogP contribution in [-0.4, -0.2) is 104 Å². The number of aromatic nitrogens is 2. The van der Waals surface area contributed by atoms with Gasteiger partial charge in [-0.05, 0) is 144 Å². The highest BCUT2D eigenvalue weighted by molar-refractivity contribution is 6.78. The van der Waals surface area contributed by atoms with Gasteiger partial charge >= 0.3 is 18.2 Å². The van der Waals surface area contributed by atoms with Gasteiger partial charge in [0.25, 0.3) is 0 Å². The number of anilines is 2. The second-order valence-electron chi connectivity index (χ2n) is 26.3. The van der Waals surface area contributed by atoms with Crippen molar-refractivity contribution in [3.8, 4) is 0 Å². The molecule has 2 unspecified atom stereocenters. The van der Waals surface area contributed by atoms with Crippen LogP contribution in [0.4, 0.5) is 21.0 Å². The number of nitrogens with zero attached hydrogens (tertiary/aromatic N) is 4. The summed E-state index contributed by atoms with van der Waals surface area (Å²) < 4.78 is 24.3. The van der Waals surface area contributed by atoms with Crippen LogP contribution in [0.5, 0.6) is 0 Å². The van der Waals surface area contributed by atoms with Gasteiger partial charge in [0, 0.05) is 74.1 Å². The van der Waals surface area contributed by atoms with Crippen LogP contribution in [0.2, 0.25) is 33.2 Å². The molecule has 15 nitrogen and oxygen atoms in total. The Labute approximate surface area is 517 Å². The fourth-order valence-corrected chi connectivity index (χ4v) is 22.5. The molecule has 0 fully saturated rings. The van der Waals surface area contributed by atoms with Gasteiger partial charge in [-0.15, -0.1) is 0 Å². The Balaban J connectivity index is 0.000000386. The van der Waals surface area contributed by atoms with Gasteiger partial charge < -0.3 is 44.3 Å². The maximum absolute atomic E-state index is 13.7. The molecule has 6 rings (SSSR count). The Kier molecular flexibility index (Phi) is 27.7. The Morgan fingerprint density at radius 2 is 0.884 bits per heavy atom. The lowest BCUT2D eigenvalue weighted by molar-refractivity contribution is -0.139. The average molecular weight is 1220 g/mol. The van der Waals surface area contributed by atoms with Gasteiger partial charge in [-0.2, -0.15) is 0 Å². The molecule has 0 saturated carbocycles. The first-order valence-electron chi connectivity index (χ1n) is 29.9. The number of hydrogen-bond donors (Lipinski definition) is 3. The van der Waals surface area contributed by atoms with E-state index in [-0.39, 0.29) is 26.4 Å². The predicted octanol–water partition coefficient (Wildman–Crippen LogP) is 17.4. The highest BCUT2D eigenvalue weighted by atomic mass is 28.4. The molecule has 0 spiro atoms. The fraction of sp³-hybridized carbons (Fsp3) is 0.507. The summed E-state index contributed by atoms with van der Waals surface area (Å²) in [6, 6.07) is 30.9. The number of hydrogen-bond acceptors (Lipinski definition) is 11. The third-order valence-corrected chi connectivity index (χ3v) is 27.8. The van der Waals surface area contributed by atoms with E-state index < -0.39 is 57.8 Å². The molecule has 0 radical (unpaired) electrons. The third-order valence-electron chi connectivity index (χ3n) is 15.7. The summed E-state index contributed by atoms with van der Waals surface area (Å²) >= 11 is 0. The van der Waals surface area contributed by atoms with Crippen molar-refractivity contribution in [3.63, 3.8) is 0 Å². The van der Waals surface area contributed by atoms with Crippen LogP contribution >= 0.6 is 0 Å². The van der Waals surface area contributed by atoms with Gasteiger partial charge in [-0.25, -0.2) is 9.59 Å². The number of amides is 3. The topological polar surface area (TPSA) is 196 Å². The molecule has 0 bridgehead atoms. The second-order valence-corrected chi connectivity index (χ2v) is 37.2. The smallest absolute Gasteiger partial charge is 0.410 e. The molecule has 17 heteroatoms. The summed E-state index contributed by atoms with van der Waals surface area (Å²) in [5.74, 6) is -2.62. The van der Waals surface area contributed by atoms with Gasteiger partial charge in [0.05, 0.1) is 25.0 Å². The Bertz CT molecular complexity index is 3060. The highest BCUT2D eigenvalue weighted by Crippen LogP contribution is 2.44. The largest absolute Gasteiger partial charge is 0.481 e. The van der Waals surface area contributed by atoms with Crippen molar-refractivity contribution in [1.82, 2.24) is 19.8 Å². The molecule has 0 aliphatic heterocycles. The molecule has 2 atom stereocenters. The van der Waals surface area contributed by atoms with Crippen molar-refractivity contribution in [2.24, 2.45) is 0 Å². The van der Waals surface area contributed by atoms with E-state index in [0.717, 1.165) is 43.9 Å². The van der Waals surface area contributed by atoms with Crippen molar-refractivity contribution in [1.29, 1.82) is 0 Å². The standard InChI is InChI=1S/C34H49N3O4Si.C25H43NO5Si.C9H8N2.CH4/c1-23(2)42(24(3)4,25(5)6)40-22-26-11-13-27(14-12-26)31(21-37(10)33(39)41-34(7,8)9)32(38)36-30-16-15-29-20-35-18-17-28(29)19-30;1-17(2)32(18(3)4,19(5)6)30-16-20-11-13-21(14-12-20)22(23(27)28)15-26(10)24(29)31-25(7,8)9;10-9-2-1-8-6-11-4-3-7(8)5-9;/h11-20,23-25,31H,21-22H2,1-10H3,(H,36,38);11-14,17-19,22H,15-16H2,1-10H3,(H,27,28);1-6H,10H2;1H4. The van der Waals surface area contributed by atoms with Crippen molar-refractivity contribution in [3.05, 3.63) is 144 Å². The number of likely N-dealkylation sites (N-methyl/N-ethyl adjacent to an activating group) is 2. The SMILES string of the molecule is C.CC(C)[Si](OCc1ccc(C(CN(C)C(=O)OC(C)(C)C)C(=O)Nc2ccc3cnccc3c2)cc1)(C(C)C)C(C)C.CC(C)[Si](OCc1ccc(C(CN(C)C(=O)OC(C)(C)C)C(=O)O)cc1)(C(C)C)C(C)C.Nc1ccc2cnccc2c1. The zero-order chi connectivity index (χ0) is 63.8. The lowest BCUT2D eigenvalue weighted by atomic mass is 9.96. The highest BCUT2D eigenvalue weighted by Gasteiger charge is 2.46. The maximum atomic E-state index is 13.7. The molecule has 0 saturated heterocycles. The fourth-order valence-electron chi connectivity index (χ4n) is 11.6. The van der Waals surface area contributed by atoms with Gasteiger partial charge in [-0.1, -0.05) is 151 Å². The number of carbonyl (C=O) groups excluding carboxylic acids is 3. The minimum absolute atomic E-state index is 0. The molecule has 2 heterocycles. The number of nitrogens with two attached hydrogens (primary N) is 1. The summed E-state index contributed by atoms with van der Waals surface area (Å²) in [6.45, 7) is 39.3. The molecular weight excluding hydrogens is 1110 g/mol. The number of nitrogen functional groups attached to an aromatic ring is 1. The molecule has 472 valence electrons. The van der Waals surface area contributed by atoms with Crippen LogP contribution < -0.4 is 11.1 Å². The quantitative estimate of drug-likeness (QED) is 0.0456. The number of nitrogens with one attached hydrogen (secondary N) is 1. The zero-order valence-corrected chi connectivity index (χ0v) is 56.6. The van der Waals surface area contributed by atoms with E-state index in [4.69, 9.17) is 24.1 Å². The third kappa shape index (κ3) is 20.8. The van der Waals surface area contributed by atoms with E-state index in [1.165, 1.54) is 9.80 Å². The van der Waals surface area contributed by atoms with Crippen LogP contribution in [0.15, 0.2) is 122 Å². The van der Waals surface area contributed by atoms with E-state index >= 15 is 0 Å². The summed E-state index contributed by atoms with van der Waals surface area (Å²) in [7, 11) is -0.761. The first-order chi connectivity index (χ1) is 39.6. The van der Waals surface area contributed by atoms with Crippen LogP contribution in [0.25, 0.3) is 21.5 Å². The Morgan fingerprint density at radius 3 is 1.26 bits per heavy atom. The molecule has 0 aliphatic carbocycles. The summed E-state index contributed by atoms with van der Waals surface area (Å²) in [6.07, 6.45) is 6.11. The molecule has 4 N–H and O–H groups in total. The number of aliphatic carboxylic acids is 1. The van der Waals surface area contributed by atoms with Crippen molar-refractivity contribution in [2.45, 2.75) is 202 Å². The lowest BCUT2D eigenvalue weighted by Crippen LogP contribution is -2.47. The first-order valence-corrected chi connectivity index (χ1v) is 34.2. The van der Waals surface area contributed by atoms with Gasteiger partial charge in [0.2, 0.25) is 22.5 Å². The van der Waals surface area contributed by atoms with Crippen molar-refractivity contribution in [2.75, 3.05) is 38.2 Å². The van der Waals surface area contributed by atoms with Crippen LogP contribution in [0, 0.1) is 0 Å². The van der Waals surface area contributed by atoms with Gasteiger partial charge in [0.1, 0.15) is 11.2 Å². The summed E-state index contributed by atoms with van der Waals surface area (Å²) in [5.41, 5.74) is 12.4. The number of pyridine rings is 2. The number of carboxylic acid groups (broad SMARTS) is 1. The zero-order valence-electron chi connectivity index (χ0n) is 54.6. The van der Waals surface area contributed by atoms with E-state index in [1.807, 2.05) is 124 Å². The summed E-state index contributed by atoms with van der Waals surface area (Å²) in [4.78, 5) is 61.6. The molecule has 4 aromatic carbocycles. The van der Waals surface area contributed by atoms with Gasteiger partial charge in [0.15, 0.2) is 0 Å². The predicted molar refractivity (Wildman–Crippen MR) is 359 cm³/mol. The Morgan fingerprint density at radius 1 is 0.523 bits per heavy atom. The minimum atomic E-state index is -2.01. The Hall–Kier alpha value is -6.67. The number of rotatable bonds is 21. The number of fused-ring (bicyclic) bond motifs is 2. The number of ether oxygens (including phenoxy) is 2. The van der Waals surface area contributed by atoms with Gasteiger partial charge in [-0.3, -0.25) is 19.6 Å². The van der Waals surface area contributed by atoms with Crippen molar-refractivity contribution < 1.29 is 42.6 Å². The van der Waals surface area contributed by atoms with Crippen LogP contribution in [-0.2, 0) is 41.1 Å². The number of carboxylic acids is 1. The molecule has 0 aliphatic rings.